The molecule has 0 aliphatic rings. The van der Waals surface area contributed by atoms with Gasteiger partial charge in [-0.3, -0.25) is 28.8 Å². The number of primary amides is 1. The fourth-order valence-electron chi connectivity index (χ4n) is 3.40. The first-order valence-corrected chi connectivity index (χ1v) is 12.2. The number of nitrogens with one attached hydrogen (secondary N) is 4. The molecule has 9 N–H and O–H groups in total. The van der Waals surface area contributed by atoms with E-state index in [1.54, 1.807) is 6.92 Å². The second-order valence-corrected chi connectivity index (χ2v) is 9.00. The van der Waals surface area contributed by atoms with Crippen molar-refractivity contribution in [2.45, 2.75) is 95.8 Å². The van der Waals surface area contributed by atoms with Gasteiger partial charge in [0.15, 0.2) is 0 Å². The first-order chi connectivity index (χ1) is 18.1. The zero-order chi connectivity index (χ0) is 30.1. The van der Waals surface area contributed by atoms with Gasteiger partial charge in [-0.05, 0) is 32.6 Å². The number of rotatable bonds is 20. The van der Waals surface area contributed by atoms with Gasteiger partial charge in [-0.15, -0.1) is 0 Å². The van der Waals surface area contributed by atoms with Crippen molar-refractivity contribution >= 4 is 47.4 Å². The maximum atomic E-state index is 12.2. The first kappa shape index (κ1) is 34.8. The Morgan fingerprint density at radius 3 is 1.56 bits per heavy atom. The summed E-state index contributed by atoms with van der Waals surface area (Å²) >= 11 is 0. The highest BCUT2D eigenvalue weighted by molar-refractivity contribution is 5.85. The Morgan fingerprint density at radius 2 is 1.10 bits per heavy atom. The molecular formula is C23H37N5O11. The van der Waals surface area contributed by atoms with Crippen LogP contribution in [0.5, 0.6) is 0 Å². The number of nitrogens with two attached hydrogens (primary N) is 1. The summed E-state index contributed by atoms with van der Waals surface area (Å²) in [7, 11) is 0. The minimum Gasteiger partial charge on any atom is -0.481 e. The third-order valence-electron chi connectivity index (χ3n) is 5.37. The molecular weight excluding hydrogens is 522 g/mol. The molecule has 0 saturated heterocycles. The predicted molar refractivity (Wildman–Crippen MR) is 133 cm³/mol. The average molecular weight is 560 g/mol. The largest absolute Gasteiger partial charge is 0.481 e. The Hall–Kier alpha value is -4.24. The van der Waals surface area contributed by atoms with Gasteiger partial charge in [0.25, 0.3) is 0 Å². The number of amides is 5. The molecule has 0 spiro atoms. The summed E-state index contributed by atoms with van der Waals surface area (Å²) in [5.41, 5.74) is 5.04. The van der Waals surface area contributed by atoms with E-state index in [0.717, 1.165) is 6.92 Å². The Labute approximate surface area is 224 Å². The minimum atomic E-state index is -1.40. The molecule has 0 fully saturated rings. The summed E-state index contributed by atoms with van der Waals surface area (Å²) in [6.45, 7) is 2.75. The van der Waals surface area contributed by atoms with Crippen molar-refractivity contribution in [3.05, 3.63) is 0 Å². The molecule has 16 nitrogen and oxygen atoms in total. The molecule has 39 heavy (non-hydrogen) atoms. The van der Waals surface area contributed by atoms with Crippen LogP contribution in [-0.4, -0.2) is 86.9 Å². The normalized spacial score (nSPS) is 13.6. The van der Waals surface area contributed by atoms with Crippen LogP contribution in [0.2, 0.25) is 0 Å². The van der Waals surface area contributed by atoms with Crippen LogP contribution in [0.15, 0.2) is 0 Å². The summed E-state index contributed by atoms with van der Waals surface area (Å²) in [5.74, 6) is -6.90. The zero-order valence-electron chi connectivity index (χ0n) is 21.9. The van der Waals surface area contributed by atoms with E-state index >= 15 is 0 Å². The second kappa shape index (κ2) is 18.1. The number of carbonyl (C=O) groups is 8. The summed E-state index contributed by atoms with van der Waals surface area (Å²) in [4.78, 5) is 92.0. The summed E-state index contributed by atoms with van der Waals surface area (Å²) in [6, 6.07) is -4.01. The summed E-state index contributed by atoms with van der Waals surface area (Å²) in [5, 5.41) is 36.9. The van der Waals surface area contributed by atoms with Crippen molar-refractivity contribution in [3.8, 4) is 0 Å². The maximum absolute atomic E-state index is 12.2. The molecule has 0 heterocycles. The number of hydrogen-bond donors (Lipinski definition) is 8. The summed E-state index contributed by atoms with van der Waals surface area (Å²) < 4.78 is 0. The molecule has 16 heteroatoms. The molecule has 0 aromatic heterocycles. The Kier molecular flexibility index (Phi) is 16.1. The topological polar surface area (TPSA) is 271 Å². The van der Waals surface area contributed by atoms with Crippen LogP contribution in [-0.2, 0) is 38.4 Å². The van der Waals surface area contributed by atoms with Crippen molar-refractivity contribution in [3.63, 3.8) is 0 Å². The molecule has 4 unspecified atom stereocenters. The first-order valence-electron chi connectivity index (χ1n) is 12.2. The highest BCUT2D eigenvalue weighted by Crippen LogP contribution is 2.06. The monoisotopic (exact) mass is 559 g/mol. The van der Waals surface area contributed by atoms with E-state index in [-0.39, 0.29) is 51.4 Å². The van der Waals surface area contributed by atoms with E-state index in [0.29, 0.717) is 0 Å². The Morgan fingerprint density at radius 1 is 0.641 bits per heavy atom. The van der Waals surface area contributed by atoms with Crippen molar-refractivity contribution in [2.24, 2.45) is 5.73 Å². The molecule has 0 rings (SSSR count). The average Bonchev–Trinajstić information content (AvgIpc) is 2.80. The third kappa shape index (κ3) is 17.8. The lowest BCUT2D eigenvalue weighted by Gasteiger charge is -2.19. The Bertz CT molecular complexity index is 924. The van der Waals surface area contributed by atoms with Gasteiger partial charge in [-0.2, -0.15) is 0 Å². The van der Waals surface area contributed by atoms with Crippen LogP contribution in [0.4, 0.5) is 0 Å². The molecule has 0 aliphatic carbocycles. The number of carboxylic acid groups (broad SMARTS) is 3. The van der Waals surface area contributed by atoms with Gasteiger partial charge in [-0.25, -0.2) is 9.59 Å². The van der Waals surface area contributed by atoms with Crippen molar-refractivity contribution in [2.75, 3.05) is 0 Å². The van der Waals surface area contributed by atoms with E-state index in [1.165, 1.54) is 0 Å². The number of carbonyl (C=O) groups excluding carboxylic acids is 5. The Balaban J connectivity index is 4.62. The molecule has 220 valence electrons. The summed E-state index contributed by atoms with van der Waals surface area (Å²) in [6.07, 6.45) is -1.58. The van der Waals surface area contributed by atoms with Gasteiger partial charge < -0.3 is 42.3 Å². The third-order valence-corrected chi connectivity index (χ3v) is 5.37. The minimum absolute atomic E-state index is 0.00334. The van der Waals surface area contributed by atoms with E-state index in [4.69, 9.17) is 15.9 Å². The zero-order valence-corrected chi connectivity index (χ0v) is 21.9. The second-order valence-electron chi connectivity index (χ2n) is 9.00. The number of aliphatic carboxylic acids is 3. The highest BCUT2D eigenvalue weighted by Gasteiger charge is 2.24. The lowest BCUT2D eigenvalue weighted by Crippen LogP contribution is -2.43. The van der Waals surface area contributed by atoms with E-state index in [1.807, 2.05) is 0 Å². The van der Waals surface area contributed by atoms with Gasteiger partial charge in [0.2, 0.25) is 29.5 Å². The molecule has 0 bridgehead atoms. The van der Waals surface area contributed by atoms with Crippen molar-refractivity contribution in [1.29, 1.82) is 0 Å². The van der Waals surface area contributed by atoms with Gasteiger partial charge >= 0.3 is 17.9 Å². The van der Waals surface area contributed by atoms with Crippen LogP contribution in [0.3, 0.4) is 0 Å². The molecule has 0 radical (unpaired) electrons. The molecule has 0 saturated carbocycles. The fourth-order valence-corrected chi connectivity index (χ4v) is 3.40. The van der Waals surface area contributed by atoms with Crippen LogP contribution in [0, 0.1) is 0 Å². The van der Waals surface area contributed by atoms with Gasteiger partial charge in [0.1, 0.15) is 12.1 Å². The SMILES string of the molecule is CC(=O)NC(CCC(=O)NC(C)CCC(=O)NC(CCC(=O)NC(CCC(N)=O)CC(=O)O)C(=O)O)C(=O)O. The van der Waals surface area contributed by atoms with Gasteiger partial charge in [0.05, 0.1) is 6.42 Å². The van der Waals surface area contributed by atoms with Crippen LogP contribution in [0.1, 0.15) is 71.6 Å². The number of hydrogen-bond acceptors (Lipinski definition) is 8. The number of carboxylic acids is 3. The molecule has 0 aromatic rings. The lowest BCUT2D eigenvalue weighted by atomic mass is 10.1. The van der Waals surface area contributed by atoms with Gasteiger partial charge in [-0.1, -0.05) is 0 Å². The molecule has 5 amide bonds. The van der Waals surface area contributed by atoms with E-state index in [2.05, 4.69) is 21.3 Å². The standard InChI is InChI=1S/C23H37N5O11/c1-12(25-18(31)9-5-15(22(36)37)26-13(2)29)3-8-20(33)28-16(23(38)39)6-10-19(32)27-14(11-21(34)35)4-7-17(24)30/h12,14-16H,3-11H2,1-2H3,(H2,24,30)(H,25,31)(H,26,29)(H,27,32)(H,28,33)(H,34,35)(H,36,37)(H,38,39). The van der Waals surface area contributed by atoms with E-state index in [9.17, 15) is 43.5 Å². The highest BCUT2D eigenvalue weighted by atomic mass is 16.4. The maximum Gasteiger partial charge on any atom is 0.326 e. The van der Waals surface area contributed by atoms with Crippen molar-refractivity contribution in [1.82, 2.24) is 21.3 Å². The van der Waals surface area contributed by atoms with Crippen molar-refractivity contribution < 1.29 is 53.7 Å². The van der Waals surface area contributed by atoms with E-state index < -0.39 is 78.0 Å². The smallest absolute Gasteiger partial charge is 0.326 e. The molecule has 0 aliphatic heterocycles. The van der Waals surface area contributed by atoms with Gasteiger partial charge in [0, 0.05) is 44.7 Å². The van der Waals surface area contributed by atoms with Crippen LogP contribution < -0.4 is 27.0 Å². The lowest BCUT2D eigenvalue weighted by molar-refractivity contribution is -0.142. The quantitative estimate of drug-likeness (QED) is 0.0825. The van der Waals surface area contributed by atoms with Crippen LogP contribution in [0.25, 0.3) is 0 Å². The molecule has 4 atom stereocenters. The molecule has 0 aromatic carbocycles. The fraction of sp³-hybridized carbons (Fsp3) is 0.652. The predicted octanol–water partition coefficient (Wildman–Crippen LogP) is -1.78. The van der Waals surface area contributed by atoms with Crippen LogP contribution >= 0.6 is 0 Å².